The van der Waals surface area contributed by atoms with E-state index in [0.717, 1.165) is 68.3 Å². The Bertz CT molecular complexity index is 1100. The molecule has 3 amide bonds. The Balaban J connectivity index is 0.00000210. The van der Waals surface area contributed by atoms with E-state index >= 15 is 0 Å². The van der Waals surface area contributed by atoms with Crippen molar-refractivity contribution in [1.82, 2.24) is 29.7 Å². The van der Waals surface area contributed by atoms with Gasteiger partial charge >= 0.3 is 12.1 Å². The molecule has 39 heavy (non-hydrogen) atoms. The van der Waals surface area contributed by atoms with Gasteiger partial charge in [-0.3, -0.25) is 0 Å². The minimum atomic E-state index is -0.714. The summed E-state index contributed by atoms with van der Waals surface area (Å²) in [5.41, 5.74) is 7.75. The Morgan fingerprint density at radius 1 is 0.974 bits per heavy atom. The van der Waals surface area contributed by atoms with E-state index < -0.39 is 12.1 Å². The molecule has 0 spiro atoms. The Hall–Kier alpha value is -2.57. The van der Waals surface area contributed by atoms with Crippen molar-refractivity contribution >= 4 is 59.9 Å². The van der Waals surface area contributed by atoms with Crippen LogP contribution in [0.3, 0.4) is 0 Å². The van der Waals surface area contributed by atoms with Crippen molar-refractivity contribution in [3.8, 4) is 0 Å². The predicted octanol–water partition coefficient (Wildman–Crippen LogP) is 4.21. The van der Waals surface area contributed by atoms with Gasteiger partial charge in [0.1, 0.15) is 0 Å². The van der Waals surface area contributed by atoms with Crippen LogP contribution in [0.1, 0.15) is 77.2 Å². The number of alkyl carbamates (subject to hydrolysis) is 1. The molecule has 5 rings (SSSR count). The number of imide groups is 1. The first-order valence-corrected chi connectivity index (χ1v) is 13.8. The Labute approximate surface area is 241 Å². The fraction of sp³-hybridized carbons (Fsp3) is 0.720. The molecule has 2 aromatic rings. The second kappa shape index (κ2) is 14.2. The largest absolute Gasteiger partial charge is 0.450 e. The lowest BCUT2D eigenvalue weighted by Gasteiger charge is -2.32. The highest BCUT2D eigenvalue weighted by Crippen LogP contribution is 2.33. The zero-order valence-corrected chi connectivity index (χ0v) is 24.1. The number of aromatic nitrogens is 4. The Morgan fingerprint density at radius 3 is 2.31 bits per heavy atom. The van der Waals surface area contributed by atoms with Crippen LogP contribution < -0.4 is 21.7 Å². The minimum Gasteiger partial charge on any atom is -0.450 e. The standard InChI is InChI=1S/C25H39N9O3.2ClH/c1-2-37-25(36)32-24(35)33-13-11-18(12-14-33)28-21-20-22(34(15-27-20)19-5-3-4-6-19)31-23(30-21)29-17-9-7-16(26)8-10-17;;/h15-19H,2-14,26H2,1H3,(H,32,35,36)(H2,28,29,30,31);2*1H/t16-,17-;;. The maximum Gasteiger partial charge on any atom is 0.415 e. The van der Waals surface area contributed by atoms with Crippen LogP contribution in [0.5, 0.6) is 0 Å². The summed E-state index contributed by atoms with van der Waals surface area (Å²) in [6.45, 7) is 2.98. The van der Waals surface area contributed by atoms with E-state index in [1.165, 1.54) is 12.8 Å². The molecule has 0 bridgehead atoms. The van der Waals surface area contributed by atoms with Gasteiger partial charge in [-0.25, -0.2) is 19.9 Å². The number of nitrogens with zero attached hydrogens (tertiary/aromatic N) is 5. The molecule has 2 aromatic heterocycles. The van der Waals surface area contributed by atoms with E-state index in [9.17, 15) is 9.59 Å². The van der Waals surface area contributed by atoms with Gasteiger partial charge in [0.2, 0.25) is 5.95 Å². The van der Waals surface area contributed by atoms with Gasteiger partial charge in [-0.05, 0) is 58.3 Å². The lowest BCUT2D eigenvalue weighted by molar-refractivity contribution is 0.144. The van der Waals surface area contributed by atoms with E-state index in [2.05, 4.69) is 20.5 Å². The summed E-state index contributed by atoms with van der Waals surface area (Å²) in [6.07, 6.45) is 11.5. The topological polar surface area (TPSA) is 152 Å². The number of carbonyl (C=O) groups is 2. The van der Waals surface area contributed by atoms with Crippen molar-refractivity contribution in [2.75, 3.05) is 30.3 Å². The number of hydrogen-bond donors (Lipinski definition) is 4. The van der Waals surface area contributed by atoms with E-state index in [0.29, 0.717) is 31.1 Å². The van der Waals surface area contributed by atoms with Gasteiger partial charge in [0.25, 0.3) is 0 Å². The van der Waals surface area contributed by atoms with Gasteiger partial charge in [0, 0.05) is 37.3 Å². The summed E-state index contributed by atoms with van der Waals surface area (Å²) >= 11 is 0. The SMILES string of the molecule is CCOC(=O)NC(=O)N1CCC(Nc2nc(N[C@H]3CC[C@H](N)CC3)nc3c2ncn3C2CCCC2)CC1.Cl.Cl. The van der Waals surface area contributed by atoms with E-state index in [4.69, 9.17) is 25.4 Å². The number of ether oxygens (including phenoxy) is 1. The van der Waals surface area contributed by atoms with Crippen molar-refractivity contribution in [1.29, 1.82) is 0 Å². The molecule has 0 unspecified atom stereocenters. The summed E-state index contributed by atoms with van der Waals surface area (Å²) in [5.74, 6) is 1.35. The van der Waals surface area contributed by atoms with Crippen LogP contribution in [-0.4, -0.2) is 74.4 Å². The van der Waals surface area contributed by atoms with Gasteiger partial charge in [0.05, 0.1) is 12.9 Å². The third kappa shape index (κ3) is 7.55. The van der Waals surface area contributed by atoms with Crippen LogP contribution in [0.2, 0.25) is 0 Å². The van der Waals surface area contributed by atoms with Crippen molar-refractivity contribution in [2.24, 2.45) is 5.73 Å². The molecule has 2 saturated carbocycles. The van der Waals surface area contributed by atoms with Gasteiger partial charge in [-0.2, -0.15) is 9.97 Å². The molecule has 0 atom stereocenters. The molecule has 5 N–H and O–H groups in total. The van der Waals surface area contributed by atoms with E-state index in [-0.39, 0.29) is 43.5 Å². The minimum absolute atomic E-state index is 0. The molecule has 1 aliphatic heterocycles. The zero-order valence-electron chi connectivity index (χ0n) is 22.4. The van der Waals surface area contributed by atoms with Crippen LogP contribution in [0.15, 0.2) is 6.33 Å². The lowest BCUT2D eigenvalue weighted by atomic mass is 9.92. The average Bonchev–Trinajstić information content (AvgIpc) is 3.56. The number of imidazole rings is 1. The highest BCUT2D eigenvalue weighted by Gasteiger charge is 2.27. The molecule has 12 nitrogen and oxygen atoms in total. The summed E-state index contributed by atoms with van der Waals surface area (Å²) in [5, 5.41) is 9.44. The molecular weight excluding hydrogens is 545 g/mol. The fourth-order valence-electron chi connectivity index (χ4n) is 5.73. The number of likely N-dealkylation sites (tertiary alicyclic amines) is 1. The van der Waals surface area contributed by atoms with Crippen LogP contribution in [-0.2, 0) is 4.74 Å². The van der Waals surface area contributed by atoms with Crippen LogP contribution in [0, 0.1) is 0 Å². The fourth-order valence-corrected chi connectivity index (χ4v) is 5.73. The second-order valence-electron chi connectivity index (χ2n) is 10.5. The number of urea groups is 1. The number of nitrogens with one attached hydrogen (secondary N) is 3. The molecule has 218 valence electrons. The number of nitrogens with two attached hydrogens (primary N) is 1. The quantitative estimate of drug-likeness (QED) is 0.390. The molecule has 0 aromatic carbocycles. The van der Waals surface area contributed by atoms with Crippen molar-refractivity contribution in [3.05, 3.63) is 6.33 Å². The highest BCUT2D eigenvalue weighted by atomic mass is 35.5. The summed E-state index contributed by atoms with van der Waals surface area (Å²) in [7, 11) is 0. The van der Waals surface area contributed by atoms with Gasteiger partial charge in [-0.1, -0.05) is 12.8 Å². The van der Waals surface area contributed by atoms with Gasteiger partial charge < -0.3 is 30.6 Å². The maximum atomic E-state index is 12.3. The van der Waals surface area contributed by atoms with Crippen molar-refractivity contribution < 1.29 is 14.3 Å². The predicted molar refractivity (Wildman–Crippen MR) is 155 cm³/mol. The third-order valence-electron chi connectivity index (χ3n) is 7.85. The van der Waals surface area contributed by atoms with E-state index in [1.54, 1.807) is 11.8 Å². The number of rotatable bonds is 6. The molecule has 2 aliphatic carbocycles. The van der Waals surface area contributed by atoms with Gasteiger partial charge in [0.15, 0.2) is 17.0 Å². The lowest BCUT2D eigenvalue weighted by Crippen LogP contribution is -2.48. The maximum absolute atomic E-state index is 12.3. The van der Waals surface area contributed by atoms with Gasteiger partial charge in [-0.15, -0.1) is 24.8 Å². The summed E-state index contributed by atoms with van der Waals surface area (Å²) in [4.78, 5) is 40.1. The molecule has 14 heteroatoms. The first-order valence-electron chi connectivity index (χ1n) is 13.8. The summed E-state index contributed by atoms with van der Waals surface area (Å²) in [6, 6.07) is 0.730. The molecular formula is C25H41Cl2N9O3. The summed E-state index contributed by atoms with van der Waals surface area (Å²) < 4.78 is 7.03. The number of amides is 3. The molecule has 3 fully saturated rings. The Kier molecular flexibility index (Phi) is 11.3. The van der Waals surface area contributed by atoms with Crippen LogP contribution >= 0.6 is 24.8 Å². The molecule has 3 heterocycles. The Morgan fingerprint density at radius 2 is 1.64 bits per heavy atom. The normalized spacial score (nSPS) is 22.1. The molecule has 0 radical (unpaired) electrons. The molecule has 1 saturated heterocycles. The average molecular weight is 587 g/mol. The number of anilines is 2. The molecule has 3 aliphatic rings. The number of carbonyl (C=O) groups excluding carboxylic acids is 2. The van der Waals surface area contributed by atoms with Crippen molar-refractivity contribution in [2.45, 2.75) is 95.3 Å². The first-order chi connectivity index (χ1) is 18.0. The monoisotopic (exact) mass is 585 g/mol. The van der Waals surface area contributed by atoms with Crippen molar-refractivity contribution in [3.63, 3.8) is 0 Å². The van der Waals surface area contributed by atoms with Crippen LogP contribution in [0.25, 0.3) is 11.2 Å². The number of piperidine rings is 1. The number of hydrogen-bond acceptors (Lipinski definition) is 9. The first kappa shape index (κ1) is 31.0. The zero-order chi connectivity index (χ0) is 25.8. The van der Waals surface area contributed by atoms with E-state index in [1.807, 2.05) is 6.33 Å². The second-order valence-corrected chi connectivity index (χ2v) is 10.5. The number of halogens is 2. The third-order valence-corrected chi connectivity index (χ3v) is 7.85. The smallest absolute Gasteiger partial charge is 0.415 e. The van der Waals surface area contributed by atoms with Crippen LogP contribution in [0.4, 0.5) is 21.4 Å². The highest BCUT2D eigenvalue weighted by molar-refractivity contribution is 5.90. The number of fused-ring (bicyclic) bond motifs is 1.